The van der Waals surface area contributed by atoms with E-state index in [-0.39, 0.29) is 12.0 Å². The van der Waals surface area contributed by atoms with Crippen LogP contribution in [0, 0.1) is 22.9 Å². The number of phenols is 1. The number of rotatable bonds is 3. The molecule has 0 aliphatic heterocycles. The number of aryl methyl sites for hydroxylation is 1. The molecule has 8 heteroatoms. The number of phenolic OH excluding ortho intramolecular Hbond substituents is 1. The predicted molar refractivity (Wildman–Crippen MR) is 63.3 cm³/mol. The molecule has 0 aliphatic rings. The standard InChI is InChI=1S/C11H11FN4O3/c1-6-13-14-9(15(6)2)5-7-3-4-8(16(18)19)11(17)10(7)12/h3-4,17H,5H2,1-2H3. The maximum absolute atomic E-state index is 13.8. The third-order valence-corrected chi connectivity index (χ3v) is 2.90. The molecule has 2 aromatic rings. The number of benzene rings is 1. The van der Waals surface area contributed by atoms with Gasteiger partial charge in [0.15, 0.2) is 5.82 Å². The summed E-state index contributed by atoms with van der Waals surface area (Å²) in [7, 11) is 1.73. The number of halogens is 1. The van der Waals surface area contributed by atoms with Crippen LogP contribution in [0.5, 0.6) is 5.75 Å². The lowest BCUT2D eigenvalue weighted by atomic mass is 10.1. The molecule has 0 unspecified atom stereocenters. The van der Waals surface area contributed by atoms with E-state index in [9.17, 15) is 19.6 Å². The molecule has 1 heterocycles. The van der Waals surface area contributed by atoms with Crippen LogP contribution in [0.25, 0.3) is 0 Å². The van der Waals surface area contributed by atoms with Crippen LogP contribution in [0.15, 0.2) is 12.1 Å². The summed E-state index contributed by atoms with van der Waals surface area (Å²) >= 11 is 0. The van der Waals surface area contributed by atoms with Crippen LogP contribution in [0.4, 0.5) is 10.1 Å². The van der Waals surface area contributed by atoms with Crippen molar-refractivity contribution in [3.63, 3.8) is 0 Å². The Morgan fingerprint density at radius 1 is 1.47 bits per heavy atom. The minimum Gasteiger partial charge on any atom is -0.500 e. The number of nitro benzene ring substituents is 1. The molecule has 0 spiro atoms. The number of hydrogen-bond donors (Lipinski definition) is 1. The van der Waals surface area contributed by atoms with Crippen LogP contribution < -0.4 is 0 Å². The Labute approximate surface area is 107 Å². The first-order chi connectivity index (χ1) is 8.91. The number of hydrogen-bond acceptors (Lipinski definition) is 5. The summed E-state index contributed by atoms with van der Waals surface area (Å²) in [5.41, 5.74) is -0.533. The average Bonchev–Trinajstić information content (AvgIpc) is 2.66. The van der Waals surface area contributed by atoms with Crippen molar-refractivity contribution in [1.29, 1.82) is 0 Å². The fraction of sp³-hybridized carbons (Fsp3) is 0.273. The molecule has 0 bridgehead atoms. The Morgan fingerprint density at radius 2 is 2.16 bits per heavy atom. The van der Waals surface area contributed by atoms with Crippen molar-refractivity contribution < 1.29 is 14.4 Å². The lowest BCUT2D eigenvalue weighted by Gasteiger charge is -2.05. The number of aromatic nitrogens is 3. The van der Waals surface area contributed by atoms with Gasteiger partial charge in [-0.1, -0.05) is 0 Å². The van der Waals surface area contributed by atoms with Gasteiger partial charge in [0.1, 0.15) is 11.6 Å². The minimum atomic E-state index is -1.00. The summed E-state index contributed by atoms with van der Waals surface area (Å²) < 4.78 is 15.5. The molecule has 7 nitrogen and oxygen atoms in total. The molecule has 1 aromatic carbocycles. The molecule has 100 valence electrons. The normalized spacial score (nSPS) is 10.7. The molecule has 0 fully saturated rings. The summed E-state index contributed by atoms with van der Waals surface area (Å²) in [6, 6.07) is 2.33. The van der Waals surface area contributed by atoms with E-state index in [1.807, 2.05) is 0 Å². The molecule has 0 amide bonds. The Morgan fingerprint density at radius 3 is 2.68 bits per heavy atom. The van der Waals surface area contributed by atoms with E-state index in [0.717, 1.165) is 6.07 Å². The van der Waals surface area contributed by atoms with Crippen LogP contribution >= 0.6 is 0 Å². The Hall–Kier alpha value is -2.51. The highest BCUT2D eigenvalue weighted by atomic mass is 19.1. The summed E-state index contributed by atoms with van der Waals surface area (Å²) in [4.78, 5) is 9.71. The molecule has 19 heavy (non-hydrogen) atoms. The number of nitro groups is 1. The molecule has 0 saturated heterocycles. The average molecular weight is 266 g/mol. The van der Waals surface area contributed by atoms with Gasteiger partial charge >= 0.3 is 5.69 Å². The maximum Gasteiger partial charge on any atom is 0.313 e. The van der Waals surface area contributed by atoms with E-state index < -0.39 is 22.2 Å². The second kappa shape index (κ2) is 4.63. The summed E-state index contributed by atoms with van der Waals surface area (Å²) in [5, 5.41) is 27.7. The van der Waals surface area contributed by atoms with Crippen LogP contribution in [0.2, 0.25) is 0 Å². The van der Waals surface area contributed by atoms with Gasteiger partial charge in [-0.05, 0) is 18.6 Å². The van der Waals surface area contributed by atoms with Crippen molar-refractivity contribution in [3.05, 3.63) is 45.3 Å². The fourth-order valence-corrected chi connectivity index (χ4v) is 1.66. The van der Waals surface area contributed by atoms with Crippen molar-refractivity contribution in [2.75, 3.05) is 0 Å². The molecular weight excluding hydrogens is 255 g/mol. The van der Waals surface area contributed by atoms with Gasteiger partial charge in [-0.2, -0.15) is 0 Å². The Kier molecular flexibility index (Phi) is 3.16. The third kappa shape index (κ3) is 2.24. The van der Waals surface area contributed by atoms with Crippen LogP contribution in [-0.2, 0) is 13.5 Å². The van der Waals surface area contributed by atoms with Crippen molar-refractivity contribution in [3.8, 4) is 5.75 Å². The van der Waals surface area contributed by atoms with E-state index in [1.165, 1.54) is 6.07 Å². The Bertz CT molecular complexity index is 654. The zero-order chi connectivity index (χ0) is 14.2. The fourth-order valence-electron chi connectivity index (χ4n) is 1.66. The number of nitrogens with zero attached hydrogens (tertiary/aromatic N) is 4. The first kappa shape index (κ1) is 12.9. The quantitative estimate of drug-likeness (QED) is 0.670. The monoisotopic (exact) mass is 266 g/mol. The molecule has 0 radical (unpaired) electrons. The van der Waals surface area contributed by atoms with Gasteiger partial charge in [0.2, 0.25) is 5.75 Å². The zero-order valence-corrected chi connectivity index (χ0v) is 10.3. The van der Waals surface area contributed by atoms with Crippen molar-refractivity contribution in [2.45, 2.75) is 13.3 Å². The van der Waals surface area contributed by atoms with E-state index in [4.69, 9.17) is 0 Å². The second-order valence-electron chi connectivity index (χ2n) is 4.06. The summed E-state index contributed by atoms with van der Waals surface area (Å²) in [6.07, 6.45) is 0.0920. The first-order valence-corrected chi connectivity index (χ1v) is 5.41. The highest BCUT2D eigenvalue weighted by Crippen LogP contribution is 2.31. The van der Waals surface area contributed by atoms with Gasteiger partial charge in [-0.15, -0.1) is 10.2 Å². The van der Waals surface area contributed by atoms with Crippen LogP contribution in [0.1, 0.15) is 17.2 Å². The topological polar surface area (TPSA) is 94.1 Å². The van der Waals surface area contributed by atoms with Gasteiger partial charge in [-0.25, -0.2) is 4.39 Å². The smallest absolute Gasteiger partial charge is 0.313 e. The third-order valence-electron chi connectivity index (χ3n) is 2.90. The SMILES string of the molecule is Cc1nnc(Cc2ccc([N+](=O)[O-])c(O)c2F)n1C. The Balaban J connectivity index is 2.39. The maximum atomic E-state index is 13.8. The second-order valence-corrected chi connectivity index (χ2v) is 4.06. The van der Waals surface area contributed by atoms with Crippen LogP contribution in [-0.4, -0.2) is 24.8 Å². The van der Waals surface area contributed by atoms with E-state index in [1.54, 1.807) is 18.5 Å². The van der Waals surface area contributed by atoms with Crippen LogP contribution in [0.3, 0.4) is 0 Å². The largest absolute Gasteiger partial charge is 0.500 e. The van der Waals surface area contributed by atoms with Gasteiger partial charge in [0.25, 0.3) is 0 Å². The molecule has 1 aromatic heterocycles. The van der Waals surface area contributed by atoms with E-state index >= 15 is 0 Å². The summed E-state index contributed by atoms with van der Waals surface area (Å²) in [6.45, 7) is 1.75. The van der Waals surface area contributed by atoms with Gasteiger partial charge in [0.05, 0.1) is 4.92 Å². The number of aromatic hydroxyl groups is 1. The van der Waals surface area contributed by atoms with Crippen molar-refractivity contribution >= 4 is 5.69 Å². The highest BCUT2D eigenvalue weighted by Gasteiger charge is 2.21. The summed E-state index contributed by atoms with van der Waals surface area (Å²) in [5.74, 6) is -0.789. The molecular formula is C11H11FN4O3. The molecule has 0 aliphatic carbocycles. The van der Waals surface area contributed by atoms with Gasteiger partial charge in [-0.3, -0.25) is 10.1 Å². The lowest BCUT2D eigenvalue weighted by Crippen LogP contribution is -2.03. The van der Waals surface area contributed by atoms with E-state index in [0.29, 0.717) is 11.6 Å². The molecule has 0 saturated carbocycles. The zero-order valence-electron chi connectivity index (χ0n) is 10.3. The highest BCUT2D eigenvalue weighted by molar-refractivity contribution is 5.49. The predicted octanol–water partition coefficient (Wildman–Crippen LogP) is 1.47. The minimum absolute atomic E-state index is 0.0920. The molecule has 0 atom stereocenters. The molecule has 1 N–H and O–H groups in total. The van der Waals surface area contributed by atoms with E-state index in [2.05, 4.69) is 10.2 Å². The first-order valence-electron chi connectivity index (χ1n) is 5.41. The van der Waals surface area contributed by atoms with Gasteiger partial charge < -0.3 is 9.67 Å². The van der Waals surface area contributed by atoms with Crippen molar-refractivity contribution in [1.82, 2.24) is 14.8 Å². The van der Waals surface area contributed by atoms with Crippen molar-refractivity contribution in [2.24, 2.45) is 7.05 Å². The lowest BCUT2D eigenvalue weighted by molar-refractivity contribution is -0.386. The molecule has 2 rings (SSSR count). The van der Waals surface area contributed by atoms with Gasteiger partial charge in [0, 0.05) is 19.5 Å².